The van der Waals surface area contributed by atoms with Crippen LogP contribution in [0.1, 0.15) is 38.3 Å². The molecule has 1 amide bonds. The van der Waals surface area contributed by atoms with Gasteiger partial charge < -0.3 is 11.1 Å². The Balaban J connectivity index is 1.79. The highest BCUT2D eigenvalue weighted by molar-refractivity contribution is 7.89. The van der Waals surface area contributed by atoms with E-state index in [1.54, 1.807) is 25.3 Å². The Bertz CT molecular complexity index is 1020. The molecular formula is C19H24ClN5O3S. The number of anilines is 1. The molecule has 156 valence electrons. The zero-order chi connectivity index (χ0) is 21.2. The summed E-state index contributed by atoms with van der Waals surface area (Å²) in [6, 6.07) is 4.69. The third-order valence-corrected chi connectivity index (χ3v) is 6.99. The molecule has 1 aromatic carbocycles. The zero-order valence-corrected chi connectivity index (χ0v) is 17.8. The van der Waals surface area contributed by atoms with E-state index in [1.807, 2.05) is 0 Å². The predicted octanol–water partition coefficient (Wildman–Crippen LogP) is 2.41. The Morgan fingerprint density at radius 1 is 1.21 bits per heavy atom. The average molecular weight is 438 g/mol. The van der Waals surface area contributed by atoms with Gasteiger partial charge in [0, 0.05) is 30.8 Å². The minimum absolute atomic E-state index is 0.0110. The highest BCUT2D eigenvalue weighted by Crippen LogP contribution is 2.30. The SMILES string of the molecule is CC(=O)NC1CCC(NS(=O)(=O)c2cc(-c3cnc(N)nc3C)ccc2Cl)CC1. The number of hydrogen-bond donors (Lipinski definition) is 3. The van der Waals surface area contributed by atoms with Gasteiger partial charge in [-0.2, -0.15) is 0 Å². The molecule has 0 spiro atoms. The van der Waals surface area contributed by atoms with Crippen molar-refractivity contribution in [3.05, 3.63) is 35.1 Å². The molecule has 1 aliphatic rings. The number of nitrogens with zero attached hydrogens (tertiary/aromatic N) is 2. The van der Waals surface area contributed by atoms with Gasteiger partial charge in [-0.15, -0.1) is 0 Å². The van der Waals surface area contributed by atoms with Gasteiger partial charge in [0.05, 0.1) is 10.7 Å². The van der Waals surface area contributed by atoms with E-state index >= 15 is 0 Å². The highest BCUT2D eigenvalue weighted by atomic mass is 35.5. The van der Waals surface area contributed by atoms with Crippen LogP contribution in [0.2, 0.25) is 5.02 Å². The molecule has 1 aromatic heterocycles. The zero-order valence-electron chi connectivity index (χ0n) is 16.3. The van der Waals surface area contributed by atoms with Gasteiger partial charge in [0.1, 0.15) is 4.90 Å². The Hall–Kier alpha value is -2.23. The Kier molecular flexibility index (Phi) is 6.40. The smallest absolute Gasteiger partial charge is 0.242 e. The van der Waals surface area contributed by atoms with Crippen molar-refractivity contribution in [2.45, 2.75) is 56.5 Å². The van der Waals surface area contributed by atoms with E-state index in [4.69, 9.17) is 17.3 Å². The van der Waals surface area contributed by atoms with E-state index in [2.05, 4.69) is 20.0 Å². The second-order valence-electron chi connectivity index (χ2n) is 7.24. The van der Waals surface area contributed by atoms with Crippen molar-refractivity contribution in [2.75, 3.05) is 5.73 Å². The molecule has 0 unspecified atom stereocenters. The molecule has 0 atom stereocenters. The first-order valence-electron chi connectivity index (χ1n) is 9.34. The first-order valence-corrected chi connectivity index (χ1v) is 11.2. The summed E-state index contributed by atoms with van der Waals surface area (Å²) in [5.41, 5.74) is 7.57. The third-order valence-electron chi connectivity index (χ3n) is 4.99. The van der Waals surface area contributed by atoms with E-state index in [0.717, 1.165) is 12.8 Å². The van der Waals surface area contributed by atoms with Crippen LogP contribution < -0.4 is 15.8 Å². The van der Waals surface area contributed by atoms with Gasteiger partial charge in [-0.05, 0) is 50.3 Å². The van der Waals surface area contributed by atoms with Crippen molar-refractivity contribution in [1.82, 2.24) is 20.0 Å². The lowest BCUT2D eigenvalue weighted by Gasteiger charge is -2.29. The lowest BCUT2D eigenvalue weighted by molar-refractivity contribution is -0.119. The Labute approximate surface area is 175 Å². The maximum atomic E-state index is 13.0. The van der Waals surface area contributed by atoms with Gasteiger partial charge >= 0.3 is 0 Å². The van der Waals surface area contributed by atoms with Crippen LogP contribution in [0, 0.1) is 6.92 Å². The Morgan fingerprint density at radius 2 is 1.86 bits per heavy atom. The average Bonchev–Trinajstić information content (AvgIpc) is 2.63. The van der Waals surface area contributed by atoms with Crippen molar-refractivity contribution in [1.29, 1.82) is 0 Å². The van der Waals surface area contributed by atoms with E-state index in [1.165, 1.54) is 13.0 Å². The van der Waals surface area contributed by atoms with Crippen LogP contribution in [-0.2, 0) is 14.8 Å². The molecule has 1 saturated carbocycles. The lowest BCUT2D eigenvalue weighted by atomic mass is 9.92. The number of carbonyl (C=O) groups excluding carboxylic acids is 1. The quantitative estimate of drug-likeness (QED) is 0.659. The van der Waals surface area contributed by atoms with E-state index in [-0.39, 0.29) is 33.9 Å². The number of sulfonamides is 1. The highest BCUT2D eigenvalue weighted by Gasteiger charge is 2.27. The molecule has 2 aromatic rings. The van der Waals surface area contributed by atoms with Gasteiger partial charge in [0.15, 0.2) is 0 Å². The second-order valence-corrected chi connectivity index (χ2v) is 9.33. The number of halogens is 1. The molecular weight excluding hydrogens is 414 g/mol. The fourth-order valence-corrected chi connectivity index (χ4v) is 5.40. The summed E-state index contributed by atoms with van der Waals surface area (Å²) in [6.07, 6.45) is 4.30. The summed E-state index contributed by atoms with van der Waals surface area (Å²) in [5.74, 6) is 0.0872. The number of carbonyl (C=O) groups is 1. The molecule has 0 aliphatic heterocycles. The molecule has 0 radical (unpaired) electrons. The second kappa shape index (κ2) is 8.64. The van der Waals surface area contributed by atoms with E-state index in [9.17, 15) is 13.2 Å². The number of aromatic nitrogens is 2. The maximum absolute atomic E-state index is 13.0. The number of nitrogen functional groups attached to an aromatic ring is 1. The molecule has 8 nitrogen and oxygen atoms in total. The van der Waals surface area contributed by atoms with Crippen LogP contribution >= 0.6 is 11.6 Å². The number of aryl methyl sites for hydroxylation is 1. The first-order chi connectivity index (χ1) is 13.7. The number of amides is 1. The minimum atomic E-state index is -3.82. The van der Waals surface area contributed by atoms with Crippen molar-refractivity contribution < 1.29 is 13.2 Å². The monoisotopic (exact) mass is 437 g/mol. The number of hydrogen-bond acceptors (Lipinski definition) is 6. The maximum Gasteiger partial charge on any atom is 0.242 e. The van der Waals surface area contributed by atoms with Crippen molar-refractivity contribution >= 4 is 33.5 Å². The van der Waals surface area contributed by atoms with Gasteiger partial charge in [-0.3, -0.25) is 4.79 Å². The lowest BCUT2D eigenvalue weighted by Crippen LogP contribution is -2.43. The van der Waals surface area contributed by atoms with Gasteiger partial charge in [-0.25, -0.2) is 23.1 Å². The summed E-state index contributed by atoms with van der Waals surface area (Å²) in [5, 5.41) is 3.02. The van der Waals surface area contributed by atoms with Crippen molar-refractivity contribution in [3.8, 4) is 11.1 Å². The summed E-state index contributed by atoms with van der Waals surface area (Å²) >= 11 is 6.21. The van der Waals surface area contributed by atoms with Crippen LogP contribution in [0.3, 0.4) is 0 Å². The number of nitrogens with one attached hydrogen (secondary N) is 2. The fraction of sp³-hybridized carbons (Fsp3) is 0.421. The normalized spacial score (nSPS) is 19.7. The predicted molar refractivity (Wildman–Crippen MR) is 112 cm³/mol. The molecule has 1 fully saturated rings. The summed E-state index contributed by atoms with van der Waals surface area (Å²) in [7, 11) is -3.82. The molecule has 0 bridgehead atoms. The molecule has 4 N–H and O–H groups in total. The number of rotatable bonds is 5. The third kappa shape index (κ3) is 5.23. The molecule has 1 heterocycles. The minimum Gasteiger partial charge on any atom is -0.368 e. The largest absolute Gasteiger partial charge is 0.368 e. The fourth-order valence-electron chi connectivity index (χ4n) is 3.57. The summed E-state index contributed by atoms with van der Waals surface area (Å²) in [6.45, 7) is 3.26. The van der Waals surface area contributed by atoms with E-state index < -0.39 is 10.0 Å². The molecule has 3 rings (SSSR count). The topological polar surface area (TPSA) is 127 Å². The first kappa shape index (κ1) is 21.5. The summed E-state index contributed by atoms with van der Waals surface area (Å²) < 4.78 is 28.7. The van der Waals surface area contributed by atoms with E-state index in [0.29, 0.717) is 29.7 Å². The standard InChI is InChI=1S/C19H24ClN5O3S/c1-11-16(10-22-19(21)23-11)13-3-8-17(20)18(9-13)29(27,28)25-15-6-4-14(5-7-15)24-12(2)26/h3,8-10,14-15,25H,4-7H2,1-2H3,(H,24,26)(H2,21,22,23). The van der Waals surface area contributed by atoms with Gasteiger partial charge in [-0.1, -0.05) is 17.7 Å². The number of benzene rings is 1. The molecule has 1 aliphatic carbocycles. The summed E-state index contributed by atoms with van der Waals surface area (Å²) in [4.78, 5) is 19.3. The molecule has 10 heteroatoms. The molecule has 0 saturated heterocycles. The van der Waals surface area contributed by atoms with Gasteiger partial charge in [0.2, 0.25) is 21.9 Å². The number of nitrogens with two attached hydrogens (primary N) is 1. The van der Waals surface area contributed by atoms with Gasteiger partial charge in [0.25, 0.3) is 0 Å². The van der Waals surface area contributed by atoms with Crippen LogP contribution in [-0.4, -0.2) is 36.4 Å². The van der Waals surface area contributed by atoms with Crippen LogP contribution in [0.25, 0.3) is 11.1 Å². The molecule has 29 heavy (non-hydrogen) atoms. The van der Waals surface area contributed by atoms with Crippen LogP contribution in [0.5, 0.6) is 0 Å². The van der Waals surface area contributed by atoms with Crippen molar-refractivity contribution in [3.63, 3.8) is 0 Å². The van der Waals surface area contributed by atoms with Crippen LogP contribution in [0.15, 0.2) is 29.3 Å². The Morgan fingerprint density at radius 3 is 2.48 bits per heavy atom. The van der Waals surface area contributed by atoms with Crippen LogP contribution in [0.4, 0.5) is 5.95 Å². The van der Waals surface area contributed by atoms with Crippen molar-refractivity contribution in [2.24, 2.45) is 0 Å².